The Labute approximate surface area is 192 Å². The van der Waals surface area contributed by atoms with E-state index >= 15 is 0 Å². The number of aryl methyl sites for hydroxylation is 1. The summed E-state index contributed by atoms with van der Waals surface area (Å²) in [5.41, 5.74) is 8.91. The second kappa shape index (κ2) is 7.92. The SMILES string of the molecule is Cn1cnc2ccc(-c3nccn3-c3c(-c4ccccc4)cccc3-c3ccccc3)cc21. The van der Waals surface area contributed by atoms with Gasteiger partial charge in [-0.1, -0.05) is 78.9 Å². The van der Waals surface area contributed by atoms with Gasteiger partial charge in [-0.05, 0) is 29.3 Å². The maximum absolute atomic E-state index is 4.79. The zero-order chi connectivity index (χ0) is 22.2. The van der Waals surface area contributed by atoms with Crippen LogP contribution in [0.15, 0.2) is 116 Å². The lowest BCUT2D eigenvalue weighted by Crippen LogP contribution is -2.02. The minimum absolute atomic E-state index is 0.902. The number of hydrogen-bond donors (Lipinski definition) is 0. The van der Waals surface area contributed by atoms with Gasteiger partial charge in [-0.2, -0.15) is 0 Å². The van der Waals surface area contributed by atoms with Gasteiger partial charge < -0.3 is 4.57 Å². The topological polar surface area (TPSA) is 35.6 Å². The highest BCUT2D eigenvalue weighted by Gasteiger charge is 2.18. The molecule has 0 radical (unpaired) electrons. The van der Waals surface area contributed by atoms with Crippen molar-refractivity contribution in [2.75, 3.05) is 0 Å². The van der Waals surface area contributed by atoms with Crippen molar-refractivity contribution in [1.82, 2.24) is 19.1 Å². The molecule has 0 aliphatic carbocycles. The smallest absolute Gasteiger partial charge is 0.144 e. The zero-order valence-corrected chi connectivity index (χ0v) is 18.3. The summed E-state index contributed by atoms with van der Waals surface area (Å²) in [5, 5.41) is 0. The van der Waals surface area contributed by atoms with Crippen molar-refractivity contribution in [3.05, 3.63) is 116 Å². The standard InChI is InChI=1S/C29H22N4/c1-32-20-31-26-16-15-23(19-27(26)32)29-30-17-18-33(29)28-24(21-9-4-2-5-10-21)13-8-14-25(28)22-11-6-3-7-12-22/h2-20H,1H3. The lowest BCUT2D eigenvalue weighted by molar-refractivity contribution is 0.947. The molecule has 0 spiro atoms. The van der Waals surface area contributed by atoms with Gasteiger partial charge in [0.15, 0.2) is 0 Å². The van der Waals surface area contributed by atoms with Gasteiger partial charge in [0.25, 0.3) is 0 Å². The quantitative estimate of drug-likeness (QED) is 0.312. The Morgan fingerprint density at radius 2 is 1.30 bits per heavy atom. The van der Waals surface area contributed by atoms with E-state index in [0.717, 1.165) is 39.2 Å². The summed E-state index contributed by atoms with van der Waals surface area (Å²) in [7, 11) is 2.02. The number of aromatic nitrogens is 4. The van der Waals surface area contributed by atoms with Gasteiger partial charge in [0.2, 0.25) is 0 Å². The molecule has 0 atom stereocenters. The number of para-hydroxylation sites is 1. The van der Waals surface area contributed by atoms with Gasteiger partial charge >= 0.3 is 0 Å². The average molecular weight is 427 g/mol. The fraction of sp³-hybridized carbons (Fsp3) is 0.0345. The Bertz CT molecular complexity index is 1500. The first kappa shape index (κ1) is 19.3. The predicted octanol–water partition coefficient (Wildman–Crippen LogP) is 6.76. The Balaban J connectivity index is 1.63. The zero-order valence-electron chi connectivity index (χ0n) is 18.3. The van der Waals surface area contributed by atoms with Crippen molar-refractivity contribution >= 4 is 11.0 Å². The van der Waals surface area contributed by atoms with Crippen molar-refractivity contribution in [1.29, 1.82) is 0 Å². The highest BCUT2D eigenvalue weighted by atomic mass is 15.1. The molecule has 0 N–H and O–H groups in total. The van der Waals surface area contributed by atoms with Gasteiger partial charge in [-0.15, -0.1) is 0 Å². The van der Waals surface area contributed by atoms with Crippen molar-refractivity contribution in [2.24, 2.45) is 7.05 Å². The molecule has 33 heavy (non-hydrogen) atoms. The largest absolute Gasteiger partial charge is 0.334 e. The molecule has 0 aliphatic rings. The minimum atomic E-state index is 0.902. The van der Waals surface area contributed by atoms with E-state index in [1.165, 1.54) is 11.1 Å². The third-order valence-corrected chi connectivity index (χ3v) is 6.07. The molecule has 0 bridgehead atoms. The van der Waals surface area contributed by atoms with Gasteiger partial charge in [0.05, 0.1) is 23.0 Å². The van der Waals surface area contributed by atoms with Gasteiger partial charge in [-0.25, -0.2) is 9.97 Å². The van der Waals surface area contributed by atoms with Crippen LogP contribution in [0.25, 0.3) is 50.4 Å². The molecule has 2 aromatic heterocycles. The van der Waals surface area contributed by atoms with Crippen molar-refractivity contribution in [3.63, 3.8) is 0 Å². The summed E-state index contributed by atoms with van der Waals surface area (Å²) < 4.78 is 4.25. The Kier molecular flexibility index (Phi) is 4.62. The maximum Gasteiger partial charge on any atom is 0.144 e. The monoisotopic (exact) mass is 426 g/mol. The third kappa shape index (κ3) is 3.33. The van der Waals surface area contributed by atoms with Crippen molar-refractivity contribution < 1.29 is 0 Å². The Hall–Kier alpha value is -4.44. The number of benzene rings is 4. The summed E-state index contributed by atoms with van der Waals surface area (Å²) in [6.07, 6.45) is 5.77. The summed E-state index contributed by atoms with van der Waals surface area (Å²) in [5.74, 6) is 0.902. The van der Waals surface area contributed by atoms with E-state index in [9.17, 15) is 0 Å². The molecule has 6 aromatic rings. The van der Waals surface area contributed by atoms with Crippen molar-refractivity contribution in [3.8, 4) is 39.3 Å². The van der Waals surface area contributed by atoms with Crippen LogP contribution in [0, 0.1) is 0 Å². The van der Waals surface area contributed by atoms with Crippen LogP contribution in [0.5, 0.6) is 0 Å². The Morgan fingerprint density at radius 1 is 0.636 bits per heavy atom. The normalized spacial score (nSPS) is 11.2. The molecule has 0 saturated carbocycles. The van der Waals surface area contributed by atoms with Gasteiger partial charge in [0.1, 0.15) is 5.82 Å². The molecule has 0 amide bonds. The molecule has 158 valence electrons. The lowest BCUT2D eigenvalue weighted by atomic mass is 9.95. The average Bonchev–Trinajstić information content (AvgIpc) is 3.51. The van der Waals surface area contributed by atoms with Gasteiger partial charge in [0, 0.05) is 36.1 Å². The van der Waals surface area contributed by atoms with Crippen LogP contribution in [0.4, 0.5) is 0 Å². The fourth-order valence-electron chi connectivity index (χ4n) is 4.47. The van der Waals surface area contributed by atoms with E-state index in [4.69, 9.17) is 4.98 Å². The molecular formula is C29H22N4. The van der Waals surface area contributed by atoms with Crippen LogP contribution in [-0.2, 0) is 7.05 Å². The van der Waals surface area contributed by atoms with E-state index in [-0.39, 0.29) is 0 Å². The van der Waals surface area contributed by atoms with Crippen LogP contribution in [-0.4, -0.2) is 19.1 Å². The van der Waals surface area contributed by atoms with Crippen LogP contribution in [0.3, 0.4) is 0 Å². The number of hydrogen-bond acceptors (Lipinski definition) is 2. The summed E-state index contributed by atoms with van der Waals surface area (Å²) >= 11 is 0. The molecule has 0 fully saturated rings. The number of fused-ring (bicyclic) bond motifs is 1. The second-order valence-corrected chi connectivity index (χ2v) is 8.11. The maximum atomic E-state index is 4.79. The third-order valence-electron chi connectivity index (χ3n) is 6.07. The predicted molar refractivity (Wildman–Crippen MR) is 134 cm³/mol. The van der Waals surface area contributed by atoms with Crippen LogP contribution >= 0.6 is 0 Å². The highest BCUT2D eigenvalue weighted by Crippen LogP contribution is 2.37. The molecule has 4 nitrogen and oxygen atoms in total. The molecular weight excluding hydrogens is 404 g/mol. The van der Waals surface area contributed by atoms with Crippen LogP contribution in [0.2, 0.25) is 0 Å². The fourth-order valence-corrected chi connectivity index (χ4v) is 4.47. The summed E-state index contributed by atoms with van der Waals surface area (Å²) in [4.78, 5) is 9.25. The highest BCUT2D eigenvalue weighted by molar-refractivity contribution is 5.87. The number of nitrogens with zero attached hydrogens (tertiary/aromatic N) is 4. The summed E-state index contributed by atoms with van der Waals surface area (Å²) in [6, 6.07) is 33.9. The molecule has 0 aliphatic heterocycles. The van der Waals surface area contributed by atoms with E-state index in [2.05, 4.69) is 113 Å². The molecule has 4 heteroatoms. The first-order valence-corrected chi connectivity index (χ1v) is 11.0. The molecule has 2 heterocycles. The van der Waals surface area contributed by atoms with E-state index in [0.29, 0.717) is 0 Å². The van der Waals surface area contributed by atoms with E-state index in [1.807, 2.05) is 24.1 Å². The van der Waals surface area contributed by atoms with E-state index < -0.39 is 0 Å². The first-order valence-electron chi connectivity index (χ1n) is 11.0. The molecule has 0 unspecified atom stereocenters. The molecule has 6 rings (SSSR count). The van der Waals surface area contributed by atoms with E-state index in [1.54, 1.807) is 0 Å². The number of rotatable bonds is 4. The summed E-state index contributed by atoms with van der Waals surface area (Å²) in [6.45, 7) is 0. The van der Waals surface area contributed by atoms with Crippen LogP contribution in [0.1, 0.15) is 0 Å². The minimum Gasteiger partial charge on any atom is -0.334 e. The Morgan fingerprint density at radius 3 is 1.97 bits per heavy atom. The second-order valence-electron chi connectivity index (χ2n) is 8.11. The van der Waals surface area contributed by atoms with Gasteiger partial charge in [-0.3, -0.25) is 4.57 Å². The van der Waals surface area contributed by atoms with Crippen molar-refractivity contribution in [2.45, 2.75) is 0 Å². The lowest BCUT2D eigenvalue weighted by Gasteiger charge is -2.18. The first-order chi connectivity index (χ1) is 16.3. The molecule has 4 aromatic carbocycles. The number of imidazole rings is 2. The van der Waals surface area contributed by atoms with Crippen LogP contribution < -0.4 is 0 Å². The molecule has 0 saturated heterocycles.